The van der Waals surface area contributed by atoms with Crippen LogP contribution in [0.2, 0.25) is 0 Å². The monoisotopic (exact) mass is 328 g/mol. The maximum atomic E-state index is 8.88. The summed E-state index contributed by atoms with van der Waals surface area (Å²) in [5, 5.41) is 42.6. The Hall–Kier alpha value is -1.03. The van der Waals surface area contributed by atoms with Crippen LogP contribution in [-0.4, -0.2) is 66.6 Å². The zero-order valence-electron chi connectivity index (χ0n) is 11.1. The van der Waals surface area contributed by atoms with Gasteiger partial charge in [-0.2, -0.15) is 0 Å². The quantitative estimate of drug-likeness (QED) is 0.302. The molecule has 0 unspecified atom stereocenters. The van der Waals surface area contributed by atoms with Gasteiger partial charge in [0.25, 0.3) is 0 Å². The number of aliphatic hydroxyl groups excluding tert-OH is 4. The van der Waals surface area contributed by atoms with Crippen LogP contribution in [0.25, 0.3) is 0 Å². The van der Waals surface area contributed by atoms with Gasteiger partial charge in [-0.15, -0.1) is 0 Å². The molecule has 10 heteroatoms. The zero-order valence-corrected chi connectivity index (χ0v) is 12.0. The van der Waals surface area contributed by atoms with E-state index >= 15 is 0 Å². The fraction of sp³-hybridized carbons (Fsp3) is 0.455. The van der Waals surface area contributed by atoms with E-state index in [1.165, 1.54) is 0 Å². The van der Waals surface area contributed by atoms with Gasteiger partial charge in [-0.25, -0.2) is 4.57 Å². The molecule has 0 saturated heterocycles. The molecule has 0 aliphatic rings. The standard InChI is InChI=1S/C6H6O.C5H12O4.H3O4P/c7-6-4-2-1-3-5-6;6-1-5(2-7,3-8)4-9;1-5(2,3)4/h1-5,7H;6-9H,1-4H2;(H3,1,2,3,4). The molecule has 0 amide bonds. The first-order valence-electron chi connectivity index (χ1n) is 5.60. The summed E-state index contributed by atoms with van der Waals surface area (Å²) in [7, 11) is -4.64. The molecule has 0 aliphatic heterocycles. The lowest BCUT2D eigenvalue weighted by Crippen LogP contribution is -2.37. The van der Waals surface area contributed by atoms with Crippen LogP contribution in [0.4, 0.5) is 0 Å². The molecule has 9 nitrogen and oxygen atoms in total. The average molecular weight is 328 g/mol. The van der Waals surface area contributed by atoms with Crippen molar-refractivity contribution in [1.29, 1.82) is 0 Å². The number of rotatable bonds is 4. The van der Waals surface area contributed by atoms with Crippen molar-refractivity contribution >= 4 is 7.82 Å². The summed E-state index contributed by atoms with van der Waals surface area (Å²) in [5.74, 6) is 0.322. The van der Waals surface area contributed by atoms with Crippen molar-refractivity contribution in [2.75, 3.05) is 26.4 Å². The van der Waals surface area contributed by atoms with Gasteiger partial charge in [0, 0.05) is 0 Å². The van der Waals surface area contributed by atoms with E-state index < -0.39 is 39.7 Å². The average Bonchev–Trinajstić information content (AvgIpc) is 2.42. The molecule has 0 saturated carbocycles. The Labute approximate surface area is 121 Å². The third-order valence-electron chi connectivity index (χ3n) is 2.10. The molecule has 0 spiro atoms. The first-order chi connectivity index (χ1) is 9.64. The third kappa shape index (κ3) is 15.2. The molecule has 0 atom stereocenters. The van der Waals surface area contributed by atoms with E-state index in [2.05, 4.69) is 0 Å². The Morgan fingerprint density at radius 2 is 1.10 bits per heavy atom. The molecule has 1 rings (SSSR count). The number of aliphatic hydroxyl groups is 4. The zero-order chi connectivity index (χ0) is 16.9. The van der Waals surface area contributed by atoms with Crippen molar-refractivity contribution in [3.8, 4) is 5.75 Å². The summed E-state index contributed by atoms with van der Waals surface area (Å²) >= 11 is 0. The lowest BCUT2D eigenvalue weighted by molar-refractivity contribution is -0.0328. The molecule has 1 aromatic carbocycles. The minimum absolute atomic E-state index is 0.322. The Morgan fingerprint density at radius 3 is 1.19 bits per heavy atom. The highest BCUT2D eigenvalue weighted by atomic mass is 31.2. The van der Waals surface area contributed by atoms with E-state index in [4.69, 9.17) is 44.8 Å². The second kappa shape index (κ2) is 11.6. The Balaban J connectivity index is 0. The molecule has 0 aromatic heterocycles. The van der Waals surface area contributed by atoms with Crippen LogP contribution in [0, 0.1) is 5.41 Å². The van der Waals surface area contributed by atoms with Crippen molar-refractivity contribution in [3.05, 3.63) is 30.3 Å². The van der Waals surface area contributed by atoms with Crippen LogP contribution >= 0.6 is 7.82 Å². The van der Waals surface area contributed by atoms with Gasteiger partial charge in [0.05, 0.1) is 31.8 Å². The summed E-state index contributed by atoms with van der Waals surface area (Å²) < 4.78 is 8.88. The van der Waals surface area contributed by atoms with Gasteiger partial charge in [-0.3, -0.25) is 0 Å². The van der Waals surface area contributed by atoms with Gasteiger partial charge in [-0.1, -0.05) is 18.2 Å². The summed E-state index contributed by atoms with van der Waals surface area (Å²) in [6.45, 7) is -1.62. The first kappa shape index (κ1) is 22.3. The van der Waals surface area contributed by atoms with Crippen LogP contribution in [0.15, 0.2) is 30.3 Å². The van der Waals surface area contributed by atoms with Crippen molar-refractivity contribution in [2.24, 2.45) is 5.41 Å². The Kier molecular flexibility index (Phi) is 12.3. The van der Waals surface area contributed by atoms with Gasteiger partial charge < -0.3 is 40.2 Å². The minimum atomic E-state index is -4.64. The SMILES string of the molecule is O=P(O)(O)O.OCC(CO)(CO)CO.Oc1ccccc1. The highest BCUT2D eigenvalue weighted by molar-refractivity contribution is 7.45. The van der Waals surface area contributed by atoms with Gasteiger partial charge in [0.15, 0.2) is 0 Å². The number of benzene rings is 1. The van der Waals surface area contributed by atoms with E-state index in [9.17, 15) is 0 Å². The summed E-state index contributed by atoms with van der Waals surface area (Å²) in [5.41, 5.74) is -1.11. The summed E-state index contributed by atoms with van der Waals surface area (Å²) in [6, 6.07) is 8.71. The number of para-hydroxylation sites is 1. The minimum Gasteiger partial charge on any atom is -0.508 e. The molecule has 0 bridgehead atoms. The number of phosphoric acid groups is 1. The van der Waals surface area contributed by atoms with Crippen LogP contribution < -0.4 is 0 Å². The lowest BCUT2D eigenvalue weighted by atomic mass is 9.93. The van der Waals surface area contributed by atoms with E-state index in [0.717, 1.165) is 0 Å². The molecule has 0 radical (unpaired) electrons. The molecule has 1 aromatic rings. The van der Waals surface area contributed by atoms with Gasteiger partial charge >= 0.3 is 7.82 Å². The predicted octanol–water partition coefficient (Wildman–Crippen LogP) is -1.59. The number of phenolic OH excluding ortho intramolecular Hbond substituents is 1. The van der Waals surface area contributed by atoms with E-state index in [1.807, 2.05) is 6.07 Å². The molecule has 0 fully saturated rings. The number of hydrogen-bond acceptors (Lipinski definition) is 6. The molecular formula is C11H21O9P. The summed E-state index contributed by atoms with van der Waals surface area (Å²) in [6.07, 6.45) is 0. The highest BCUT2D eigenvalue weighted by Crippen LogP contribution is 2.25. The van der Waals surface area contributed by atoms with Gasteiger partial charge in [0.1, 0.15) is 5.75 Å². The summed E-state index contributed by atoms with van der Waals surface area (Å²) in [4.78, 5) is 21.6. The van der Waals surface area contributed by atoms with E-state index in [-0.39, 0.29) is 0 Å². The molecule has 0 aliphatic carbocycles. The number of phenols is 1. The van der Waals surface area contributed by atoms with Crippen molar-refractivity contribution in [1.82, 2.24) is 0 Å². The fourth-order valence-electron chi connectivity index (χ4n) is 0.728. The van der Waals surface area contributed by atoms with Crippen molar-refractivity contribution in [3.63, 3.8) is 0 Å². The maximum absolute atomic E-state index is 8.88. The van der Waals surface area contributed by atoms with Crippen LogP contribution in [-0.2, 0) is 4.57 Å². The maximum Gasteiger partial charge on any atom is 0.466 e. The van der Waals surface area contributed by atoms with E-state index in [1.54, 1.807) is 24.3 Å². The molecule has 8 N–H and O–H groups in total. The van der Waals surface area contributed by atoms with Crippen LogP contribution in [0.5, 0.6) is 5.75 Å². The van der Waals surface area contributed by atoms with Crippen molar-refractivity contribution < 1.29 is 44.8 Å². The second-order valence-corrected chi connectivity index (χ2v) is 5.01. The predicted molar refractivity (Wildman–Crippen MR) is 73.1 cm³/mol. The lowest BCUT2D eigenvalue weighted by Gasteiger charge is -2.23. The second-order valence-electron chi connectivity index (χ2n) is 3.98. The third-order valence-corrected chi connectivity index (χ3v) is 2.10. The Morgan fingerprint density at radius 1 is 0.810 bits per heavy atom. The smallest absolute Gasteiger partial charge is 0.466 e. The normalized spacial score (nSPS) is 10.8. The van der Waals surface area contributed by atoms with Crippen molar-refractivity contribution in [2.45, 2.75) is 0 Å². The largest absolute Gasteiger partial charge is 0.508 e. The fourth-order valence-corrected chi connectivity index (χ4v) is 0.728. The number of aromatic hydroxyl groups is 1. The van der Waals surface area contributed by atoms with Gasteiger partial charge in [-0.05, 0) is 12.1 Å². The molecule has 0 heterocycles. The molecular weight excluding hydrogens is 307 g/mol. The first-order valence-corrected chi connectivity index (χ1v) is 7.16. The molecule has 124 valence electrons. The van der Waals surface area contributed by atoms with Crippen LogP contribution in [0.1, 0.15) is 0 Å². The van der Waals surface area contributed by atoms with Crippen LogP contribution in [0.3, 0.4) is 0 Å². The van der Waals surface area contributed by atoms with Gasteiger partial charge in [0.2, 0.25) is 0 Å². The van der Waals surface area contributed by atoms with E-state index in [0.29, 0.717) is 5.75 Å². The topological polar surface area (TPSA) is 179 Å². The molecule has 21 heavy (non-hydrogen) atoms. The highest BCUT2D eigenvalue weighted by Gasteiger charge is 2.26. The number of hydrogen-bond donors (Lipinski definition) is 8. The Bertz CT molecular complexity index is 362.